The molecule has 0 saturated heterocycles. The van der Waals surface area contributed by atoms with E-state index >= 15 is 0 Å². The molecular weight excluding hydrogens is 364 g/mol. The Morgan fingerprint density at radius 1 is 1.08 bits per heavy atom. The monoisotopic (exact) mass is 382 g/mol. The van der Waals surface area contributed by atoms with Gasteiger partial charge in [-0.2, -0.15) is 0 Å². The van der Waals surface area contributed by atoms with Crippen LogP contribution >= 0.6 is 11.6 Å². The molecule has 0 heterocycles. The van der Waals surface area contributed by atoms with Gasteiger partial charge in [0, 0.05) is 24.7 Å². The Balaban J connectivity index is 1.85. The second-order valence-corrected chi connectivity index (χ2v) is 7.96. The van der Waals surface area contributed by atoms with Crippen LogP contribution in [0.1, 0.15) is 10.4 Å². The first-order valence-electron chi connectivity index (χ1n) is 7.50. The van der Waals surface area contributed by atoms with Gasteiger partial charge in [0.1, 0.15) is 12.4 Å². The molecule has 25 heavy (non-hydrogen) atoms. The highest BCUT2D eigenvalue weighted by atomic mass is 35.5. The second kappa shape index (κ2) is 8.33. The van der Waals surface area contributed by atoms with Crippen molar-refractivity contribution in [2.75, 3.05) is 27.2 Å². The standard InChI is InChI=1S/C17H19ClN2O4S/c1-20(2)25(22,23)16-9-3-13(4-10-16)17(21)19-11-12-24-15-7-5-14(18)6-8-15/h3-10H,11-12H2,1-2H3,(H,19,21). The Hall–Kier alpha value is -2.09. The Kier molecular flexibility index (Phi) is 6.41. The number of hydrogen-bond donors (Lipinski definition) is 1. The van der Waals surface area contributed by atoms with E-state index in [0.717, 1.165) is 4.31 Å². The molecule has 2 aromatic carbocycles. The molecule has 0 unspecified atom stereocenters. The molecule has 2 aromatic rings. The lowest BCUT2D eigenvalue weighted by Gasteiger charge is -2.12. The minimum Gasteiger partial charge on any atom is -0.492 e. The van der Waals surface area contributed by atoms with Crippen molar-refractivity contribution >= 4 is 27.5 Å². The fraction of sp³-hybridized carbons (Fsp3) is 0.235. The van der Waals surface area contributed by atoms with Crippen molar-refractivity contribution in [3.8, 4) is 5.75 Å². The largest absolute Gasteiger partial charge is 0.492 e. The summed E-state index contributed by atoms with van der Waals surface area (Å²) in [6.07, 6.45) is 0. The lowest BCUT2D eigenvalue weighted by atomic mass is 10.2. The van der Waals surface area contributed by atoms with Crippen molar-refractivity contribution in [2.24, 2.45) is 0 Å². The van der Waals surface area contributed by atoms with Crippen LogP contribution in [0.2, 0.25) is 5.02 Å². The quantitative estimate of drug-likeness (QED) is 0.746. The summed E-state index contributed by atoms with van der Waals surface area (Å²) in [7, 11) is -0.592. The molecule has 0 radical (unpaired) electrons. The third-order valence-electron chi connectivity index (χ3n) is 3.37. The molecule has 134 valence electrons. The smallest absolute Gasteiger partial charge is 0.251 e. The van der Waals surface area contributed by atoms with Crippen LogP contribution in [0, 0.1) is 0 Å². The van der Waals surface area contributed by atoms with E-state index in [4.69, 9.17) is 16.3 Å². The van der Waals surface area contributed by atoms with Crippen LogP contribution in [0.5, 0.6) is 5.75 Å². The van der Waals surface area contributed by atoms with E-state index in [1.807, 2.05) is 0 Å². The maximum Gasteiger partial charge on any atom is 0.251 e. The van der Waals surface area contributed by atoms with Gasteiger partial charge in [-0.15, -0.1) is 0 Å². The zero-order valence-corrected chi connectivity index (χ0v) is 15.5. The number of nitrogens with one attached hydrogen (secondary N) is 1. The molecule has 1 N–H and O–H groups in total. The Labute approximate surface area is 152 Å². The maximum atomic E-state index is 12.1. The van der Waals surface area contributed by atoms with Gasteiger partial charge in [0.15, 0.2) is 0 Å². The van der Waals surface area contributed by atoms with E-state index in [0.29, 0.717) is 29.5 Å². The van der Waals surface area contributed by atoms with Gasteiger partial charge in [-0.05, 0) is 48.5 Å². The van der Waals surface area contributed by atoms with Crippen molar-refractivity contribution in [2.45, 2.75) is 4.90 Å². The minimum absolute atomic E-state index is 0.139. The molecule has 6 nitrogen and oxygen atoms in total. The van der Waals surface area contributed by atoms with Gasteiger partial charge in [0.2, 0.25) is 10.0 Å². The Bertz CT molecular complexity index is 819. The summed E-state index contributed by atoms with van der Waals surface area (Å²) >= 11 is 5.79. The van der Waals surface area contributed by atoms with E-state index in [2.05, 4.69) is 5.32 Å². The SMILES string of the molecule is CN(C)S(=O)(=O)c1ccc(C(=O)NCCOc2ccc(Cl)cc2)cc1. The van der Waals surface area contributed by atoms with Crippen LogP contribution in [0.3, 0.4) is 0 Å². The lowest BCUT2D eigenvalue weighted by Crippen LogP contribution is -2.28. The summed E-state index contributed by atoms with van der Waals surface area (Å²) in [5.74, 6) is 0.366. The highest BCUT2D eigenvalue weighted by Gasteiger charge is 2.17. The number of nitrogens with zero attached hydrogens (tertiary/aromatic N) is 1. The van der Waals surface area contributed by atoms with Crippen molar-refractivity contribution in [3.05, 3.63) is 59.1 Å². The maximum absolute atomic E-state index is 12.1. The molecule has 0 saturated carbocycles. The topological polar surface area (TPSA) is 75.7 Å². The van der Waals surface area contributed by atoms with Gasteiger partial charge < -0.3 is 10.1 Å². The van der Waals surface area contributed by atoms with Crippen LogP contribution in [0.4, 0.5) is 0 Å². The number of sulfonamides is 1. The normalized spacial score (nSPS) is 11.4. The molecule has 0 aromatic heterocycles. The average molecular weight is 383 g/mol. The van der Waals surface area contributed by atoms with Crippen LogP contribution in [0.25, 0.3) is 0 Å². The van der Waals surface area contributed by atoms with E-state index in [1.54, 1.807) is 24.3 Å². The first-order valence-corrected chi connectivity index (χ1v) is 9.31. The van der Waals surface area contributed by atoms with E-state index < -0.39 is 10.0 Å². The van der Waals surface area contributed by atoms with Crippen molar-refractivity contribution < 1.29 is 17.9 Å². The zero-order chi connectivity index (χ0) is 18.4. The predicted molar refractivity (Wildman–Crippen MR) is 96.6 cm³/mol. The molecule has 0 fully saturated rings. The number of hydrogen-bond acceptors (Lipinski definition) is 4. The van der Waals surface area contributed by atoms with Gasteiger partial charge in [-0.3, -0.25) is 4.79 Å². The molecular formula is C17H19ClN2O4S. The number of halogens is 1. The Morgan fingerprint density at radius 2 is 1.68 bits per heavy atom. The number of carbonyl (C=O) groups excluding carboxylic acids is 1. The van der Waals surface area contributed by atoms with Gasteiger partial charge >= 0.3 is 0 Å². The minimum atomic E-state index is -3.50. The summed E-state index contributed by atoms with van der Waals surface area (Å²) in [4.78, 5) is 12.2. The van der Waals surface area contributed by atoms with Crippen molar-refractivity contribution in [1.29, 1.82) is 0 Å². The number of amides is 1. The number of benzene rings is 2. The van der Waals surface area contributed by atoms with Crippen LogP contribution in [-0.4, -0.2) is 45.9 Å². The fourth-order valence-corrected chi connectivity index (χ4v) is 2.98. The van der Waals surface area contributed by atoms with Crippen LogP contribution in [-0.2, 0) is 10.0 Å². The second-order valence-electron chi connectivity index (χ2n) is 5.37. The fourth-order valence-electron chi connectivity index (χ4n) is 1.96. The molecule has 0 aliphatic carbocycles. The molecule has 0 spiro atoms. The summed E-state index contributed by atoms with van der Waals surface area (Å²) in [6.45, 7) is 0.625. The van der Waals surface area contributed by atoms with Crippen molar-refractivity contribution in [3.63, 3.8) is 0 Å². The zero-order valence-electron chi connectivity index (χ0n) is 13.9. The third-order valence-corrected chi connectivity index (χ3v) is 5.45. The highest BCUT2D eigenvalue weighted by Crippen LogP contribution is 2.15. The molecule has 2 rings (SSSR count). The number of ether oxygens (including phenoxy) is 1. The van der Waals surface area contributed by atoms with Gasteiger partial charge in [0.25, 0.3) is 5.91 Å². The first-order chi connectivity index (χ1) is 11.8. The molecule has 0 bridgehead atoms. The number of carbonyl (C=O) groups is 1. The van der Waals surface area contributed by atoms with Gasteiger partial charge in [-0.1, -0.05) is 11.6 Å². The van der Waals surface area contributed by atoms with Crippen LogP contribution in [0.15, 0.2) is 53.4 Å². The highest BCUT2D eigenvalue weighted by molar-refractivity contribution is 7.89. The summed E-state index contributed by atoms with van der Waals surface area (Å²) in [6, 6.07) is 12.7. The van der Waals surface area contributed by atoms with Crippen LogP contribution < -0.4 is 10.1 Å². The lowest BCUT2D eigenvalue weighted by molar-refractivity contribution is 0.0947. The first kappa shape index (κ1) is 19.2. The molecule has 8 heteroatoms. The van der Waals surface area contributed by atoms with E-state index in [9.17, 15) is 13.2 Å². The molecule has 0 aliphatic rings. The molecule has 0 aliphatic heterocycles. The predicted octanol–water partition coefficient (Wildman–Crippen LogP) is 2.40. The van der Waals surface area contributed by atoms with Gasteiger partial charge in [0.05, 0.1) is 11.4 Å². The summed E-state index contributed by atoms with van der Waals surface area (Å²) in [5, 5.41) is 3.34. The van der Waals surface area contributed by atoms with Gasteiger partial charge in [-0.25, -0.2) is 12.7 Å². The number of rotatable bonds is 7. The Morgan fingerprint density at radius 3 is 2.24 bits per heavy atom. The third kappa shape index (κ3) is 5.19. The average Bonchev–Trinajstić information content (AvgIpc) is 2.60. The summed E-state index contributed by atoms with van der Waals surface area (Å²) in [5.41, 5.74) is 0.379. The molecule has 1 amide bonds. The summed E-state index contributed by atoms with van der Waals surface area (Å²) < 4.78 is 30.6. The molecule has 0 atom stereocenters. The van der Waals surface area contributed by atoms with Crippen molar-refractivity contribution in [1.82, 2.24) is 9.62 Å². The van der Waals surface area contributed by atoms with E-state index in [-0.39, 0.29) is 10.8 Å². The van der Waals surface area contributed by atoms with E-state index in [1.165, 1.54) is 38.4 Å².